The SMILES string of the molecule is CCCCc1cc(CCCC)c(N2c3ccc(-c4ccccc4)cc3B3c4ccc(-n5c6ccccc6c6ccccc65)cc4N(c4c(-c5ccccc5)cccc4-c4ccccc4)c4cc(C(C)(C)C)cc2c43)c(CCCC)c1. The van der Waals surface area contributed by atoms with Crippen LogP contribution in [0.4, 0.5) is 34.1 Å². The Labute approximate surface area is 475 Å². The van der Waals surface area contributed by atoms with Gasteiger partial charge in [-0.3, -0.25) is 0 Å². The summed E-state index contributed by atoms with van der Waals surface area (Å²) < 4.78 is 2.50. The highest BCUT2D eigenvalue weighted by Crippen LogP contribution is 2.52. The van der Waals surface area contributed by atoms with Gasteiger partial charge in [0.25, 0.3) is 6.71 Å². The van der Waals surface area contributed by atoms with Gasteiger partial charge in [-0.25, -0.2) is 0 Å². The van der Waals surface area contributed by atoms with Gasteiger partial charge >= 0.3 is 0 Å². The predicted molar refractivity (Wildman–Crippen MR) is 346 cm³/mol. The van der Waals surface area contributed by atoms with Gasteiger partial charge in [-0.15, -0.1) is 0 Å². The topological polar surface area (TPSA) is 11.4 Å². The molecule has 0 saturated heterocycles. The number of aryl methyl sites for hydroxylation is 3. The van der Waals surface area contributed by atoms with Gasteiger partial charge in [-0.1, -0.05) is 237 Å². The summed E-state index contributed by atoms with van der Waals surface area (Å²) in [6.45, 7) is 14.2. The standard InChI is InChI=1S/C76H72BN3/c1-7-10-27-52-46-57(28-11-8-2)74(58(47-52)29-12-9-3)79-69-45-42-56(53-30-16-13-17-31-53)48-66(69)77-65-44-43-60(78-67-40-24-22-36-63(67)64-37-23-25-41-68(64)78)51-70(65)80(72-50-59(76(4,5)6)49-71(79)73(72)77)75-61(54-32-18-14-19-33-54)38-26-39-62(75)55-34-20-15-21-35-55/h13-26,30-51H,7-12,27-29H2,1-6H3. The molecule has 0 fully saturated rings. The molecule has 3 nitrogen and oxygen atoms in total. The fourth-order valence-corrected chi connectivity index (χ4v) is 13.3. The Kier molecular flexibility index (Phi) is 13.7. The number of hydrogen-bond acceptors (Lipinski definition) is 2. The van der Waals surface area contributed by atoms with E-state index in [1.54, 1.807) is 0 Å². The first-order valence-corrected chi connectivity index (χ1v) is 29.7. The van der Waals surface area contributed by atoms with Gasteiger partial charge in [-0.2, -0.15) is 0 Å². The zero-order valence-electron chi connectivity index (χ0n) is 47.6. The third-order valence-electron chi connectivity index (χ3n) is 17.3. The number of nitrogens with zero attached hydrogens (tertiary/aromatic N) is 3. The Bertz CT molecular complexity index is 3930. The summed E-state index contributed by atoms with van der Waals surface area (Å²) >= 11 is 0. The van der Waals surface area contributed by atoms with E-state index in [1.165, 1.54) is 141 Å². The van der Waals surface area contributed by atoms with E-state index in [4.69, 9.17) is 0 Å². The average molecular weight is 1040 g/mol. The molecule has 4 heteroatoms. The number of aromatic nitrogens is 1. The van der Waals surface area contributed by atoms with Crippen molar-refractivity contribution >= 4 is 79.0 Å². The van der Waals surface area contributed by atoms with E-state index >= 15 is 0 Å². The molecular formula is C76H72BN3. The number of rotatable bonds is 15. The molecule has 0 atom stereocenters. The number of benzene rings is 10. The zero-order valence-corrected chi connectivity index (χ0v) is 47.6. The fourth-order valence-electron chi connectivity index (χ4n) is 13.3. The molecule has 2 aliphatic rings. The summed E-state index contributed by atoms with van der Waals surface area (Å²) in [6, 6.07) is 83.4. The maximum absolute atomic E-state index is 2.78. The first-order chi connectivity index (χ1) is 39.2. The van der Waals surface area contributed by atoms with E-state index in [1.807, 2.05) is 0 Å². The Morgan fingerprint density at radius 2 is 0.900 bits per heavy atom. The van der Waals surface area contributed by atoms with Crippen LogP contribution in [-0.2, 0) is 24.7 Å². The van der Waals surface area contributed by atoms with E-state index in [-0.39, 0.29) is 12.1 Å². The van der Waals surface area contributed by atoms with Crippen LogP contribution < -0.4 is 26.2 Å². The predicted octanol–water partition coefficient (Wildman–Crippen LogP) is 19.2. The minimum Gasteiger partial charge on any atom is -0.311 e. The molecule has 394 valence electrons. The smallest absolute Gasteiger partial charge is 0.252 e. The molecule has 10 aromatic carbocycles. The molecule has 1 aromatic heterocycles. The van der Waals surface area contributed by atoms with Crippen molar-refractivity contribution in [2.75, 3.05) is 9.80 Å². The van der Waals surface area contributed by atoms with Crippen molar-refractivity contribution in [2.45, 2.75) is 105 Å². The number of fused-ring (bicyclic) bond motifs is 7. The molecule has 0 amide bonds. The van der Waals surface area contributed by atoms with Gasteiger partial charge < -0.3 is 14.4 Å². The quantitative estimate of drug-likeness (QED) is 0.0948. The maximum Gasteiger partial charge on any atom is 0.252 e. The molecule has 11 aromatic rings. The maximum atomic E-state index is 2.78. The monoisotopic (exact) mass is 1040 g/mol. The Morgan fingerprint density at radius 1 is 0.388 bits per heavy atom. The summed E-state index contributed by atoms with van der Waals surface area (Å²) in [5, 5.41) is 2.51. The third kappa shape index (κ3) is 8.94. The molecule has 3 heterocycles. The Hall–Kier alpha value is -8.34. The fraction of sp³-hybridized carbons (Fsp3) is 0.211. The Balaban J connectivity index is 1.20. The average Bonchev–Trinajstić information content (AvgIpc) is 3.95. The van der Waals surface area contributed by atoms with Crippen molar-refractivity contribution < 1.29 is 0 Å². The van der Waals surface area contributed by atoms with Crippen LogP contribution in [0.2, 0.25) is 0 Å². The molecule has 0 N–H and O–H groups in total. The zero-order chi connectivity index (χ0) is 54.5. The van der Waals surface area contributed by atoms with Crippen LogP contribution in [0.3, 0.4) is 0 Å². The van der Waals surface area contributed by atoms with E-state index in [2.05, 4.69) is 274 Å². The van der Waals surface area contributed by atoms with Crippen molar-refractivity contribution in [2.24, 2.45) is 0 Å². The van der Waals surface area contributed by atoms with Crippen molar-refractivity contribution in [1.29, 1.82) is 0 Å². The van der Waals surface area contributed by atoms with Crippen molar-refractivity contribution in [3.63, 3.8) is 0 Å². The number of anilines is 6. The molecule has 80 heavy (non-hydrogen) atoms. The van der Waals surface area contributed by atoms with E-state index < -0.39 is 0 Å². The lowest BCUT2D eigenvalue weighted by Gasteiger charge is -2.46. The van der Waals surface area contributed by atoms with Crippen LogP contribution in [0.5, 0.6) is 0 Å². The molecule has 2 aliphatic heterocycles. The highest BCUT2D eigenvalue weighted by Gasteiger charge is 2.46. The van der Waals surface area contributed by atoms with Crippen LogP contribution in [0.1, 0.15) is 102 Å². The molecule has 0 saturated carbocycles. The molecule has 0 aliphatic carbocycles. The lowest BCUT2D eigenvalue weighted by molar-refractivity contribution is 0.590. The third-order valence-corrected chi connectivity index (χ3v) is 17.3. The highest BCUT2D eigenvalue weighted by atomic mass is 15.2. The number of unbranched alkanes of at least 4 members (excludes halogenated alkanes) is 3. The Morgan fingerprint density at radius 3 is 1.45 bits per heavy atom. The normalized spacial score (nSPS) is 12.8. The van der Waals surface area contributed by atoms with Crippen LogP contribution in [-0.4, -0.2) is 11.3 Å². The van der Waals surface area contributed by atoms with Crippen LogP contribution >= 0.6 is 0 Å². The van der Waals surface area contributed by atoms with Gasteiger partial charge in [0.05, 0.1) is 22.4 Å². The van der Waals surface area contributed by atoms with Gasteiger partial charge in [0.2, 0.25) is 0 Å². The van der Waals surface area contributed by atoms with E-state index in [0.29, 0.717) is 0 Å². The minimum atomic E-state index is -0.192. The van der Waals surface area contributed by atoms with Crippen molar-refractivity contribution in [3.8, 4) is 39.1 Å². The van der Waals surface area contributed by atoms with Crippen LogP contribution in [0, 0.1) is 0 Å². The minimum absolute atomic E-state index is 0.0894. The first kappa shape index (κ1) is 51.1. The van der Waals surface area contributed by atoms with E-state index in [9.17, 15) is 0 Å². The molecular weight excluding hydrogens is 966 g/mol. The second-order valence-corrected chi connectivity index (χ2v) is 23.5. The van der Waals surface area contributed by atoms with Crippen molar-refractivity contribution in [1.82, 2.24) is 4.57 Å². The molecule has 0 spiro atoms. The lowest BCUT2D eigenvalue weighted by Crippen LogP contribution is -2.61. The highest BCUT2D eigenvalue weighted by molar-refractivity contribution is 7.00. The van der Waals surface area contributed by atoms with Gasteiger partial charge in [0.15, 0.2) is 0 Å². The second-order valence-electron chi connectivity index (χ2n) is 23.5. The van der Waals surface area contributed by atoms with Crippen LogP contribution in [0.15, 0.2) is 218 Å². The first-order valence-electron chi connectivity index (χ1n) is 29.7. The van der Waals surface area contributed by atoms with Gasteiger partial charge in [0, 0.05) is 50.3 Å². The summed E-state index contributed by atoms with van der Waals surface area (Å²) in [4.78, 5) is 5.50. The molecule has 13 rings (SSSR count). The largest absolute Gasteiger partial charge is 0.311 e. The van der Waals surface area contributed by atoms with E-state index in [0.717, 1.165) is 50.6 Å². The lowest BCUT2D eigenvalue weighted by atomic mass is 9.33. The summed E-state index contributed by atoms with van der Waals surface area (Å²) in [5.74, 6) is 0. The number of para-hydroxylation sites is 3. The summed E-state index contributed by atoms with van der Waals surface area (Å²) in [5.41, 5.74) is 27.9. The van der Waals surface area contributed by atoms with Crippen molar-refractivity contribution in [3.05, 3.63) is 241 Å². The van der Waals surface area contributed by atoms with Crippen LogP contribution in [0.25, 0.3) is 60.9 Å². The molecule has 0 radical (unpaired) electrons. The molecule has 0 bridgehead atoms. The molecule has 0 unspecified atom stereocenters. The van der Waals surface area contributed by atoms with Gasteiger partial charge in [0.1, 0.15) is 0 Å². The summed E-state index contributed by atoms with van der Waals surface area (Å²) in [6.07, 6.45) is 10.1. The summed E-state index contributed by atoms with van der Waals surface area (Å²) in [7, 11) is 0. The number of hydrogen-bond donors (Lipinski definition) is 0. The van der Waals surface area contributed by atoms with Gasteiger partial charge in [-0.05, 0) is 147 Å². The second kappa shape index (κ2) is 21.4.